The monoisotopic (exact) mass is 263 g/mol. The third-order valence-electron chi connectivity index (χ3n) is 3.09. The molecule has 0 aliphatic rings. The number of rotatable bonds is 6. The first-order chi connectivity index (χ1) is 8.91. The smallest absolute Gasteiger partial charge is 0.188 e. The van der Waals surface area contributed by atoms with Crippen LogP contribution in [0.4, 0.5) is 0 Å². The third kappa shape index (κ3) is 4.77. The predicted molar refractivity (Wildman–Crippen MR) is 80.3 cm³/mol. The van der Waals surface area contributed by atoms with Gasteiger partial charge in [-0.2, -0.15) is 5.10 Å². The highest BCUT2D eigenvalue weighted by Gasteiger charge is 2.08. The Morgan fingerprint density at radius 1 is 1.47 bits per heavy atom. The van der Waals surface area contributed by atoms with E-state index in [2.05, 4.69) is 35.8 Å². The van der Waals surface area contributed by atoms with Gasteiger partial charge in [-0.05, 0) is 39.2 Å². The molecule has 0 saturated heterocycles. The SMILES string of the molecule is C=C(C)CN=C(N)NCCCc1c(C)nn(C)c1C. The van der Waals surface area contributed by atoms with Crippen molar-refractivity contribution in [3.05, 3.63) is 29.1 Å². The molecule has 1 rings (SSSR count). The third-order valence-corrected chi connectivity index (χ3v) is 3.09. The highest BCUT2D eigenvalue weighted by atomic mass is 15.3. The van der Waals surface area contributed by atoms with Crippen molar-refractivity contribution >= 4 is 5.96 Å². The molecule has 1 aromatic rings. The molecule has 0 radical (unpaired) electrons. The summed E-state index contributed by atoms with van der Waals surface area (Å²) in [4.78, 5) is 4.17. The zero-order chi connectivity index (χ0) is 14.4. The Balaban J connectivity index is 2.35. The van der Waals surface area contributed by atoms with Crippen LogP contribution in [0, 0.1) is 13.8 Å². The van der Waals surface area contributed by atoms with E-state index in [0.29, 0.717) is 12.5 Å². The Bertz CT molecular complexity index is 470. The van der Waals surface area contributed by atoms with Crippen LogP contribution in [0.15, 0.2) is 17.1 Å². The van der Waals surface area contributed by atoms with Crippen molar-refractivity contribution in [1.82, 2.24) is 15.1 Å². The van der Waals surface area contributed by atoms with Crippen LogP contribution in [-0.2, 0) is 13.5 Å². The standard InChI is InChI=1S/C14H25N5/c1-10(2)9-17-14(15)16-8-6-7-13-11(3)18-19(5)12(13)4/h1,6-9H2,2-5H3,(H3,15,16,17). The Labute approximate surface area is 115 Å². The fourth-order valence-electron chi connectivity index (χ4n) is 1.94. The quantitative estimate of drug-likeness (QED) is 0.353. The lowest BCUT2D eigenvalue weighted by Crippen LogP contribution is -2.32. The van der Waals surface area contributed by atoms with Crippen LogP contribution in [0.1, 0.15) is 30.3 Å². The molecule has 1 heterocycles. The van der Waals surface area contributed by atoms with Crippen molar-refractivity contribution in [2.75, 3.05) is 13.1 Å². The maximum Gasteiger partial charge on any atom is 0.188 e. The molecule has 19 heavy (non-hydrogen) atoms. The van der Waals surface area contributed by atoms with Crippen LogP contribution < -0.4 is 11.1 Å². The van der Waals surface area contributed by atoms with Crippen molar-refractivity contribution in [2.45, 2.75) is 33.6 Å². The first kappa shape index (κ1) is 15.3. The minimum absolute atomic E-state index is 0.489. The number of nitrogens with two attached hydrogens (primary N) is 1. The van der Waals surface area contributed by atoms with Gasteiger partial charge in [0.1, 0.15) is 0 Å². The number of aliphatic imine (C=N–C) groups is 1. The number of hydrogen-bond acceptors (Lipinski definition) is 2. The molecule has 3 N–H and O–H groups in total. The van der Waals surface area contributed by atoms with Crippen molar-refractivity contribution in [1.29, 1.82) is 0 Å². The second kappa shape index (κ2) is 6.97. The summed E-state index contributed by atoms with van der Waals surface area (Å²) < 4.78 is 1.93. The Morgan fingerprint density at radius 3 is 2.68 bits per heavy atom. The van der Waals surface area contributed by atoms with E-state index < -0.39 is 0 Å². The van der Waals surface area contributed by atoms with Crippen molar-refractivity contribution in [3.8, 4) is 0 Å². The van der Waals surface area contributed by atoms with Crippen LogP contribution in [0.2, 0.25) is 0 Å². The van der Waals surface area contributed by atoms with E-state index in [0.717, 1.165) is 30.7 Å². The van der Waals surface area contributed by atoms with E-state index in [1.165, 1.54) is 11.3 Å². The number of nitrogens with zero attached hydrogens (tertiary/aromatic N) is 3. The van der Waals surface area contributed by atoms with E-state index in [9.17, 15) is 0 Å². The largest absolute Gasteiger partial charge is 0.370 e. The summed E-state index contributed by atoms with van der Waals surface area (Å²) in [6.07, 6.45) is 2.02. The maximum atomic E-state index is 5.75. The van der Waals surface area contributed by atoms with Gasteiger partial charge in [-0.25, -0.2) is 4.99 Å². The summed E-state index contributed by atoms with van der Waals surface area (Å²) in [6, 6.07) is 0. The fraction of sp³-hybridized carbons (Fsp3) is 0.571. The van der Waals surface area contributed by atoms with Gasteiger partial charge < -0.3 is 11.1 Å². The minimum atomic E-state index is 0.489. The minimum Gasteiger partial charge on any atom is -0.370 e. The van der Waals surface area contributed by atoms with Gasteiger partial charge in [0.15, 0.2) is 5.96 Å². The van der Waals surface area contributed by atoms with Gasteiger partial charge in [0.2, 0.25) is 0 Å². The number of guanidine groups is 1. The summed E-state index contributed by atoms with van der Waals surface area (Å²) in [6.45, 7) is 11.3. The van der Waals surface area contributed by atoms with Crippen LogP contribution in [0.5, 0.6) is 0 Å². The molecule has 0 unspecified atom stereocenters. The molecule has 0 bridgehead atoms. The highest BCUT2D eigenvalue weighted by molar-refractivity contribution is 5.77. The molecule has 0 aliphatic carbocycles. The summed E-state index contributed by atoms with van der Waals surface area (Å²) in [5.41, 5.74) is 10.4. The Hall–Kier alpha value is -1.78. The molecule has 0 saturated carbocycles. The number of hydrogen-bond donors (Lipinski definition) is 2. The van der Waals surface area contributed by atoms with Crippen LogP contribution in [0.3, 0.4) is 0 Å². The zero-order valence-electron chi connectivity index (χ0n) is 12.5. The van der Waals surface area contributed by atoms with E-state index in [-0.39, 0.29) is 0 Å². The Kier molecular flexibility index (Phi) is 5.60. The fourth-order valence-corrected chi connectivity index (χ4v) is 1.94. The van der Waals surface area contributed by atoms with E-state index in [4.69, 9.17) is 5.73 Å². The van der Waals surface area contributed by atoms with Gasteiger partial charge in [-0.15, -0.1) is 0 Å². The average Bonchev–Trinajstić information content (AvgIpc) is 2.57. The molecule has 0 aliphatic heterocycles. The van der Waals surface area contributed by atoms with Crippen molar-refractivity contribution in [2.24, 2.45) is 17.8 Å². The molecular weight excluding hydrogens is 238 g/mol. The van der Waals surface area contributed by atoms with E-state index in [1.807, 2.05) is 18.7 Å². The zero-order valence-corrected chi connectivity index (χ0v) is 12.5. The topological polar surface area (TPSA) is 68.2 Å². The van der Waals surface area contributed by atoms with Gasteiger partial charge in [0, 0.05) is 19.3 Å². The summed E-state index contributed by atoms with van der Waals surface area (Å²) >= 11 is 0. The molecule has 5 nitrogen and oxygen atoms in total. The Morgan fingerprint density at radius 2 is 2.16 bits per heavy atom. The molecular formula is C14H25N5. The van der Waals surface area contributed by atoms with Crippen molar-refractivity contribution < 1.29 is 0 Å². The first-order valence-corrected chi connectivity index (χ1v) is 6.59. The van der Waals surface area contributed by atoms with Gasteiger partial charge in [0.25, 0.3) is 0 Å². The second-order valence-electron chi connectivity index (χ2n) is 4.96. The molecule has 0 fully saturated rings. The van der Waals surface area contributed by atoms with Gasteiger partial charge in [0.05, 0.1) is 12.2 Å². The van der Waals surface area contributed by atoms with Gasteiger partial charge >= 0.3 is 0 Å². The van der Waals surface area contributed by atoms with Gasteiger partial charge in [-0.1, -0.05) is 12.2 Å². The number of nitrogens with one attached hydrogen (secondary N) is 1. The average molecular weight is 263 g/mol. The molecule has 0 aromatic carbocycles. The maximum absolute atomic E-state index is 5.75. The molecule has 0 atom stereocenters. The van der Waals surface area contributed by atoms with Crippen LogP contribution in [-0.4, -0.2) is 28.8 Å². The van der Waals surface area contributed by atoms with E-state index in [1.54, 1.807) is 0 Å². The lowest BCUT2D eigenvalue weighted by molar-refractivity contribution is 0.726. The lowest BCUT2D eigenvalue weighted by Gasteiger charge is -2.06. The molecule has 5 heteroatoms. The summed E-state index contributed by atoms with van der Waals surface area (Å²) in [7, 11) is 1.98. The highest BCUT2D eigenvalue weighted by Crippen LogP contribution is 2.13. The second-order valence-corrected chi connectivity index (χ2v) is 4.96. The first-order valence-electron chi connectivity index (χ1n) is 6.59. The molecule has 1 aromatic heterocycles. The normalized spacial score (nSPS) is 11.7. The van der Waals surface area contributed by atoms with E-state index >= 15 is 0 Å². The van der Waals surface area contributed by atoms with Crippen LogP contribution in [0.25, 0.3) is 0 Å². The molecule has 0 spiro atoms. The lowest BCUT2D eigenvalue weighted by atomic mass is 10.1. The van der Waals surface area contributed by atoms with Crippen molar-refractivity contribution in [3.63, 3.8) is 0 Å². The summed E-state index contributed by atoms with van der Waals surface area (Å²) in [5, 5.41) is 7.52. The number of aryl methyl sites for hydroxylation is 2. The van der Waals surface area contributed by atoms with Crippen LogP contribution >= 0.6 is 0 Å². The predicted octanol–water partition coefficient (Wildman–Crippen LogP) is 1.45. The summed E-state index contributed by atoms with van der Waals surface area (Å²) in [5.74, 6) is 0.489. The number of aromatic nitrogens is 2. The molecule has 0 amide bonds. The molecule has 106 valence electrons. The van der Waals surface area contributed by atoms with Gasteiger partial charge in [-0.3, -0.25) is 4.68 Å².